The summed E-state index contributed by atoms with van der Waals surface area (Å²) in [6, 6.07) is 5.89. The summed E-state index contributed by atoms with van der Waals surface area (Å²) in [7, 11) is 0. The third kappa shape index (κ3) is 3.63. The molecule has 3 rings (SSSR count). The molecule has 1 aromatic heterocycles. The SMILES string of the molecule is CC(C)(C)C1CC(Nc2nc(Cl)cc3ccc(F)cc23)CN1C(=O)O. The number of amides is 1. The van der Waals surface area contributed by atoms with Gasteiger partial charge < -0.3 is 15.3 Å². The zero-order chi connectivity index (χ0) is 18.4. The van der Waals surface area contributed by atoms with Crippen molar-refractivity contribution in [2.75, 3.05) is 11.9 Å². The van der Waals surface area contributed by atoms with Crippen LogP contribution in [0.15, 0.2) is 24.3 Å². The van der Waals surface area contributed by atoms with Gasteiger partial charge in [0.05, 0.1) is 0 Å². The van der Waals surface area contributed by atoms with Crippen LogP contribution in [0.5, 0.6) is 0 Å². The van der Waals surface area contributed by atoms with E-state index in [4.69, 9.17) is 11.6 Å². The van der Waals surface area contributed by atoms with E-state index in [-0.39, 0.29) is 23.3 Å². The largest absolute Gasteiger partial charge is 0.465 e. The number of aromatic nitrogens is 1. The Bertz CT molecular complexity index is 822. The number of halogens is 2. The highest BCUT2D eigenvalue weighted by molar-refractivity contribution is 6.30. The van der Waals surface area contributed by atoms with Crippen molar-refractivity contribution in [3.63, 3.8) is 0 Å². The smallest absolute Gasteiger partial charge is 0.407 e. The fourth-order valence-corrected chi connectivity index (χ4v) is 3.67. The van der Waals surface area contributed by atoms with Crippen LogP contribution in [-0.2, 0) is 0 Å². The summed E-state index contributed by atoms with van der Waals surface area (Å²) in [5.41, 5.74) is -0.176. The van der Waals surface area contributed by atoms with Crippen molar-refractivity contribution in [3.05, 3.63) is 35.2 Å². The fourth-order valence-electron chi connectivity index (χ4n) is 3.46. The van der Waals surface area contributed by atoms with Crippen molar-refractivity contribution >= 4 is 34.3 Å². The maximum absolute atomic E-state index is 13.6. The molecule has 2 unspecified atom stereocenters. The monoisotopic (exact) mass is 365 g/mol. The van der Waals surface area contributed by atoms with Crippen molar-refractivity contribution in [3.8, 4) is 0 Å². The average Bonchev–Trinajstić information content (AvgIpc) is 2.92. The summed E-state index contributed by atoms with van der Waals surface area (Å²) in [6.45, 7) is 6.43. The lowest BCUT2D eigenvalue weighted by Crippen LogP contribution is -2.42. The Morgan fingerprint density at radius 1 is 1.40 bits per heavy atom. The molecule has 7 heteroatoms. The van der Waals surface area contributed by atoms with Gasteiger partial charge in [-0.15, -0.1) is 0 Å². The van der Waals surface area contributed by atoms with Crippen LogP contribution >= 0.6 is 11.6 Å². The van der Waals surface area contributed by atoms with Gasteiger partial charge in [0.1, 0.15) is 16.8 Å². The Morgan fingerprint density at radius 3 is 2.72 bits per heavy atom. The second kappa shape index (κ2) is 6.33. The van der Waals surface area contributed by atoms with Gasteiger partial charge in [-0.1, -0.05) is 38.4 Å². The van der Waals surface area contributed by atoms with E-state index >= 15 is 0 Å². The third-order valence-corrected chi connectivity index (χ3v) is 4.84. The van der Waals surface area contributed by atoms with Crippen molar-refractivity contribution in [2.45, 2.75) is 39.3 Å². The van der Waals surface area contributed by atoms with Crippen molar-refractivity contribution < 1.29 is 14.3 Å². The summed E-state index contributed by atoms with van der Waals surface area (Å²) in [6.07, 6.45) is -0.278. The van der Waals surface area contributed by atoms with Crippen LogP contribution < -0.4 is 5.32 Å². The maximum atomic E-state index is 13.6. The van der Waals surface area contributed by atoms with Gasteiger partial charge in [0.25, 0.3) is 0 Å². The predicted octanol–water partition coefficient (Wildman–Crippen LogP) is 4.61. The highest BCUT2D eigenvalue weighted by Gasteiger charge is 2.41. The molecule has 0 spiro atoms. The Balaban J connectivity index is 1.92. The molecule has 0 aliphatic carbocycles. The Morgan fingerprint density at radius 2 is 2.12 bits per heavy atom. The van der Waals surface area contributed by atoms with Gasteiger partial charge in [-0.2, -0.15) is 0 Å². The van der Waals surface area contributed by atoms with Crippen LogP contribution in [0.25, 0.3) is 10.8 Å². The lowest BCUT2D eigenvalue weighted by atomic mass is 9.85. The summed E-state index contributed by atoms with van der Waals surface area (Å²) in [5, 5.41) is 14.5. The minimum absolute atomic E-state index is 0.107. The van der Waals surface area contributed by atoms with Gasteiger partial charge in [-0.25, -0.2) is 14.2 Å². The molecule has 0 radical (unpaired) electrons. The van der Waals surface area contributed by atoms with Gasteiger partial charge >= 0.3 is 6.09 Å². The van der Waals surface area contributed by atoms with Crippen LogP contribution in [0, 0.1) is 11.2 Å². The van der Waals surface area contributed by atoms with E-state index in [1.165, 1.54) is 17.0 Å². The van der Waals surface area contributed by atoms with Gasteiger partial charge in [0, 0.05) is 24.0 Å². The molecule has 2 aromatic rings. The minimum atomic E-state index is -0.931. The second-order valence-electron chi connectivity index (χ2n) is 7.55. The molecular weight excluding hydrogens is 345 g/mol. The van der Waals surface area contributed by atoms with Crippen LogP contribution in [0.3, 0.4) is 0 Å². The Kier molecular flexibility index (Phi) is 4.49. The number of fused-ring (bicyclic) bond motifs is 1. The molecule has 2 heterocycles. The summed E-state index contributed by atoms with van der Waals surface area (Å²) in [5.74, 6) is 0.123. The lowest BCUT2D eigenvalue weighted by Gasteiger charge is -2.32. The van der Waals surface area contributed by atoms with Crippen LogP contribution in [0.2, 0.25) is 5.15 Å². The normalized spacial score (nSPS) is 20.9. The van der Waals surface area contributed by atoms with E-state index < -0.39 is 6.09 Å². The first-order valence-electron chi connectivity index (χ1n) is 8.17. The molecule has 5 nitrogen and oxygen atoms in total. The zero-order valence-corrected chi connectivity index (χ0v) is 15.1. The molecule has 134 valence electrons. The Labute approximate surface area is 150 Å². The molecule has 1 fully saturated rings. The predicted molar refractivity (Wildman–Crippen MR) is 96.7 cm³/mol. The molecule has 2 atom stereocenters. The molecule has 1 saturated heterocycles. The number of likely N-dealkylation sites (tertiary alicyclic amines) is 1. The lowest BCUT2D eigenvalue weighted by molar-refractivity contribution is 0.106. The van der Waals surface area contributed by atoms with E-state index in [1.807, 2.05) is 20.8 Å². The van der Waals surface area contributed by atoms with Crippen molar-refractivity contribution in [1.82, 2.24) is 9.88 Å². The first kappa shape index (κ1) is 17.7. The molecule has 1 aliphatic heterocycles. The number of anilines is 1. The van der Waals surface area contributed by atoms with E-state index in [2.05, 4.69) is 10.3 Å². The highest BCUT2D eigenvalue weighted by Crippen LogP contribution is 2.35. The molecule has 1 aromatic carbocycles. The van der Waals surface area contributed by atoms with Gasteiger partial charge in [0.2, 0.25) is 0 Å². The minimum Gasteiger partial charge on any atom is -0.465 e. The van der Waals surface area contributed by atoms with E-state index in [9.17, 15) is 14.3 Å². The number of rotatable bonds is 2. The van der Waals surface area contributed by atoms with E-state index in [1.54, 1.807) is 12.1 Å². The standard InChI is InChI=1S/C18H21ClFN3O2/c1-18(2,3)14-8-12(9-23(14)17(24)25)21-16-13-7-11(20)5-4-10(13)6-15(19)22-16/h4-7,12,14H,8-9H2,1-3H3,(H,21,22)(H,24,25). The van der Waals surface area contributed by atoms with Crippen LogP contribution in [-0.4, -0.2) is 39.7 Å². The number of carbonyl (C=O) groups is 1. The number of benzene rings is 1. The average molecular weight is 366 g/mol. The topological polar surface area (TPSA) is 65.5 Å². The Hall–Kier alpha value is -2.08. The molecule has 2 N–H and O–H groups in total. The number of carboxylic acid groups (broad SMARTS) is 1. The first-order valence-corrected chi connectivity index (χ1v) is 8.55. The van der Waals surface area contributed by atoms with Gasteiger partial charge in [-0.3, -0.25) is 0 Å². The second-order valence-corrected chi connectivity index (χ2v) is 7.94. The molecule has 0 bridgehead atoms. The highest BCUT2D eigenvalue weighted by atomic mass is 35.5. The molecule has 1 aliphatic rings. The van der Waals surface area contributed by atoms with Crippen molar-refractivity contribution in [1.29, 1.82) is 0 Å². The summed E-state index contributed by atoms with van der Waals surface area (Å²) < 4.78 is 13.6. The zero-order valence-electron chi connectivity index (χ0n) is 14.4. The van der Waals surface area contributed by atoms with Crippen molar-refractivity contribution in [2.24, 2.45) is 5.41 Å². The molecular formula is C18H21ClFN3O2. The van der Waals surface area contributed by atoms with Crippen LogP contribution in [0.1, 0.15) is 27.2 Å². The number of pyridine rings is 1. The maximum Gasteiger partial charge on any atom is 0.407 e. The molecule has 0 saturated carbocycles. The number of nitrogens with one attached hydrogen (secondary N) is 1. The summed E-state index contributed by atoms with van der Waals surface area (Å²) >= 11 is 6.08. The molecule has 25 heavy (non-hydrogen) atoms. The van der Waals surface area contributed by atoms with E-state index in [0.29, 0.717) is 29.3 Å². The van der Waals surface area contributed by atoms with Gasteiger partial charge in [0.15, 0.2) is 0 Å². The number of nitrogens with zero attached hydrogens (tertiary/aromatic N) is 2. The van der Waals surface area contributed by atoms with Gasteiger partial charge in [-0.05, 0) is 35.4 Å². The molecule has 1 amide bonds. The number of hydrogen-bond acceptors (Lipinski definition) is 3. The van der Waals surface area contributed by atoms with E-state index in [0.717, 1.165) is 5.39 Å². The number of hydrogen-bond donors (Lipinski definition) is 2. The third-order valence-electron chi connectivity index (χ3n) is 4.65. The first-order chi connectivity index (χ1) is 11.6. The van der Waals surface area contributed by atoms with Crippen LogP contribution in [0.4, 0.5) is 15.0 Å². The fraction of sp³-hybridized carbons (Fsp3) is 0.444. The summed E-state index contributed by atoms with van der Waals surface area (Å²) in [4.78, 5) is 17.3. The quantitative estimate of drug-likeness (QED) is 0.763.